The van der Waals surface area contributed by atoms with E-state index in [-0.39, 0.29) is 13.1 Å². The van der Waals surface area contributed by atoms with E-state index in [4.69, 9.17) is 5.11 Å². The summed E-state index contributed by atoms with van der Waals surface area (Å²) in [5, 5.41) is 24.6. The summed E-state index contributed by atoms with van der Waals surface area (Å²) in [6.45, 7) is 4.41. The van der Waals surface area contributed by atoms with Gasteiger partial charge in [-0.05, 0) is 26.8 Å². The van der Waals surface area contributed by atoms with Crippen LogP contribution in [0.2, 0.25) is 0 Å². The topological polar surface area (TPSA) is 104 Å². The summed E-state index contributed by atoms with van der Waals surface area (Å²) in [7, 11) is 0. The van der Waals surface area contributed by atoms with Crippen molar-refractivity contribution in [1.29, 1.82) is 0 Å². The number of carboxylic acids is 1. The molecule has 0 aliphatic heterocycles. The minimum absolute atomic E-state index is 0.00459. The average Bonchev–Trinajstić information content (AvgIpc) is 2.54. The highest BCUT2D eigenvalue weighted by molar-refractivity contribution is 5.80. The molecule has 0 aliphatic carbocycles. The maximum Gasteiger partial charge on any atom is 0.337 e. The van der Waals surface area contributed by atoms with Crippen LogP contribution in [0.3, 0.4) is 0 Å². The fourth-order valence-electron chi connectivity index (χ4n) is 1.37. The van der Waals surface area contributed by atoms with Gasteiger partial charge in [-0.2, -0.15) is 5.10 Å². The zero-order valence-corrected chi connectivity index (χ0v) is 10.6. The Morgan fingerprint density at radius 2 is 2.11 bits per heavy atom. The predicted octanol–water partition coefficient (Wildman–Crippen LogP) is -0.548. The van der Waals surface area contributed by atoms with Crippen LogP contribution in [0, 0.1) is 13.8 Å². The number of aliphatic hydroxyl groups is 1. The normalized spacial score (nSPS) is 14.0. The summed E-state index contributed by atoms with van der Waals surface area (Å²) in [6, 6.07) is 1.83. The van der Waals surface area contributed by atoms with E-state index in [0.717, 1.165) is 18.3 Å². The molecule has 0 saturated heterocycles. The van der Waals surface area contributed by atoms with Gasteiger partial charge in [-0.1, -0.05) is 0 Å². The van der Waals surface area contributed by atoms with Crippen LogP contribution in [0.5, 0.6) is 0 Å². The maximum atomic E-state index is 11.6. The van der Waals surface area contributed by atoms with Crippen molar-refractivity contribution in [1.82, 2.24) is 15.1 Å². The van der Waals surface area contributed by atoms with Gasteiger partial charge in [0, 0.05) is 5.69 Å². The Morgan fingerprint density at radius 3 is 2.56 bits per heavy atom. The van der Waals surface area contributed by atoms with Gasteiger partial charge in [-0.3, -0.25) is 9.48 Å². The zero-order chi connectivity index (χ0) is 13.9. The maximum absolute atomic E-state index is 11.6. The van der Waals surface area contributed by atoms with Crippen LogP contribution in [0.25, 0.3) is 0 Å². The molecular weight excluding hydrogens is 238 g/mol. The third-order valence-corrected chi connectivity index (χ3v) is 2.49. The summed E-state index contributed by atoms with van der Waals surface area (Å²) in [5.41, 5.74) is -0.324. The molecule has 100 valence electrons. The third-order valence-electron chi connectivity index (χ3n) is 2.49. The molecule has 0 fully saturated rings. The van der Waals surface area contributed by atoms with Gasteiger partial charge in [-0.25, -0.2) is 4.79 Å². The molecule has 1 amide bonds. The Balaban J connectivity index is 2.53. The Hall–Kier alpha value is -1.89. The summed E-state index contributed by atoms with van der Waals surface area (Å²) in [6.07, 6.45) is 0. The number of hydrogen-bond acceptors (Lipinski definition) is 4. The highest BCUT2D eigenvalue weighted by atomic mass is 16.4. The number of hydrogen-bond donors (Lipinski definition) is 3. The fraction of sp³-hybridized carbons (Fsp3) is 0.545. The lowest BCUT2D eigenvalue weighted by Crippen LogP contribution is -2.47. The molecule has 0 saturated carbocycles. The number of nitrogens with zero attached hydrogens (tertiary/aromatic N) is 2. The SMILES string of the molecule is Cc1cc(C)n(CC(=O)NCC(C)(O)C(=O)O)n1. The smallest absolute Gasteiger partial charge is 0.337 e. The lowest BCUT2D eigenvalue weighted by atomic mass is 10.1. The van der Waals surface area contributed by atoms with Crippen molar-refractivity contribution in [2.45, 2.75) is 32.9 Å². The second-order valence-electron chi connectivity index (χ2n) is 4.44. The van der Waals surface area contributed by atoms with Crippen molar-refractivity contribution in [3.63, 3.8) is 0 Å². The minimum Gasteiger partial charge on any atom is -0.479 e. The number of nitrogens with one attached hydrogen (secondary N) is 1. The fourth-order valence-corrected chi connectivity index (χ4v) is 1.37. The van der Waals surface area contributed by atoms with E-state index in [9.17, 15) is 14.7 Å². The molecule has 0 aliphatic rings. The van der Waals surface area contributed by atoms with Crippen molar-refractivity contribution >= 4 is 11.9 Å². The average molecular weight is 255 g/mol. The number of carboxylic acid groups (broad SMARTS) is 1. The molecule has 7 nitrogen and oxygen atoms in total. The number of carbonyl (C=O) groups excluding carboxylic acids is 1. The zero-order valence-electron chi connectivity index (χ0n) is 10.6. The van der Waals surface area contributed by atoms with Crippen LogP contribution < -0.4 is 5.32 Å². The monoisotopic (exact) mass is 255 g/mol. The summed E-state index contributed by atoms with van der Waals surface area (Å²) in [5.74, 6) is -1.78. The van der Waals surface area contributed by atoms with Gasteiger partial charge < -0.3 is 15.5 Å². The van der Waals surface area contributed by atoms with Crippen LogP contribution in [0.15, 0.2) is 6.07 Å². The Kier molecular flexibility index (Phi) is 4.07. The van der Waals surface area contributed by atoms with E-state index in [2.05, 4.69) is 10.4 Å². The molecular formula is C11H17N3O4. The molecule has 1 heterocycles. The van der Waals surface area contributed by atoms with Gasteiger partial charge in [0.1, 0.15) is 6.54 Å². The van der Waals surface area contributed by atoms with Crippen molar-refractivity contribution in [2.24, 2.45) is 0 Å². The van der Waals surface area contributed by atoms with E-state index >= 15 is 0 Å². The largest absolute Gasteiger partial charge is 0.479 e. The molecule has 1 atom stereocenters. The van der Waals surface area contributed by atoms with Gasteiger partial charge >= 0.3 is 5.97 Å². The van der Waals surface area contributed by atoms with Crippen LogP contribution in [-0.2, 0) is 16.1 Å². The first-order chi connectivity index (χ1) is 8.22. The molecule has 1 unspecified atom stereocenters. The van der Waals surface area contributed by atoms with Gasteiger partial charge in [-0.15, -0.1) is 0 Å². The minimum atomic E-state index is -1.97. The molecule has 18 heavy (non-hydrogen) atoms. The number of carbonyl (C=O) groups is 2. The first-order valence-electron chi connectivity index (χ1n) is 5.46. The van der Waals surface area contributed by atoms with Crippen molar-refractivity contribution < 1.29 is 19.8 Å². The van der Waals surface area contributed by atoms with Crippen LogP contribution >= 0.6 is 0 Å². The van der Waals surface area contributed by atoms with Gasteiger partial charge in [0.25, 0.3) is 0 Å². The number of rotatable bonds is 5. The molecule has 3 N–H and O–H groups in total. The molecule has 0 aromatic carbocycles. The molecule has 0 radical (unpaired) electrons. The lowest BCUT2D eigenvalue weighted by molar-refractivity contribution is -0.156. The summed E-state index contributed by atoms with van der Waals surface area (Å²) in [4.78, 5) is 22.2. The first-order valence-corrected chi connectivity index (χ1v) is 5.46. The van der Waals surface area contributed by atoms with Crippen LogP contribution in [-0.4, -0.2) is 44.0 Å². The van der Waals surface area contributed by atoms with E-state index < -0.39 is 17.5 Å². The molecule has 0 bridgehead atoms. The van der Waals surface area contributed by atoms with Crippen LogP contribution in [0.4, 0.5) is 0 Å². The molecule has 1 rings (SSSR count). The van der Waals surface area contributed by atoms with Gasteiger partial charge in [0.05, 0.1) is 12.2 Å². The Morgan fingerprint density at radius 1 is 1.50 bits per heavy atom. The Labute approximate surface area is 104 Å². The van der Waals surface area contributed by atoms with Crippen LogP contribution in [0.1, 0.15) is 18.3 Å². The van der Waals surface area contributed by atoms with E-state index in [1.807, 2.05) is 19.9 Å². The van der Waals surface area contributed by atoms with Crippen molar-refractivity contribution in [3.8, 4) is 0 Å². The number of amides is 1. The molecule has 0 spiro atoms. The molecule has 7 heteroatoms. The number of aliphatic carboxylic acids is 1. The predicted molar refractivity (Wildman–Crippen MR) is 63.0 cm³/mol. The van der Waals surface area contributed by atoms with E-state index in [1.165, 1.54) is 4.68 Å². The highest BCUT2D eigenvalue weighted by Crippen LogP contribution is 2.03. The third kappa shape index (κ3) is 3.56. The number of aryl methyl sites for hydroxylation is 2. The second-order valence-corrected chi connectivity index (χ2v) is 4.44. The second kappa shape index (κ2) is 5.18. The molecule has 1 aromatic heterocycles. The summed E-state index contributed by atoms with van der Waals surface area (Å²) >= 11 is 0. The lowest BCUT2D eigenvalue weighted by Gasteiger charge is -2.18. The first kappa shape index (κ1) is 14.2. The van der Waals surface area contributed by atoms with Gasteiger partial charge in [0.2, 0.25) is 5.91 Å². The van der Waals surface area contributed by atoms with E-state index in [0.29, 0.717) is 0 Å². The Bertz CT molecular complexity index is 465. The standard InChI is InChI=1S/C11H17N3O4/c1-7-4-8(2)14(13-7)5-9(15)12-6-11(3,18)10(16)17/h4,18H,5-6H2,1-3H3,(H,12,15)(H,16,17). The summed E-state index contributed by atoms with van der Waals surface area (Å²) < 4.78 is 1.51. The number of aromatic nitrogens is 2. The van der Waals surface area contributed by atoms with Crippen molar-refractivity contribution in [2.75, 3.05) is 6.54 Å². The highest BCUT2D eigenvalue weighted by Gasteiger charge is 2.30. The molecule has 1 aromatic rings. The quantitative estimate of drug-likeness (QED) is 0.655. The van der Waals surface area contributed by atoms with Gasteiger partial charge in [0.15, 0.2) is 5.60 Å². The van der Waals surface area contributed by atoms with Crippen molar-refractivity contribution in [3.05, 3.63) is 17.5 Å². The van der Waals surface area contributed by atoms with E-state index in [1.54, 1.807) is 0 Å².